The summed E-state index contributed by atoms with van der Waals surface area (Å²) < 4.78 is 12.7. The fourth-order valence-corrected chi connectivity index (χ4v) is 3.47. The van der Waals surface area contributed by atoms with Gasteiger partial charge in [-0.15, -0.1) is 0 Å². The highest BCUT2D eigenvalue weighted by Crippen LogP contribution is 2.31. The highest BCUT2D eigenvalue weighted by atomic mass is 79.9. The van der Waals surface area contributed by atoms with E-state index in [0.717, 1.165) is 12.3 Å². The minimum absolute atomic E-state index is 0.148. The Bertz CT molecular complexity index is 314. The molecule has 0 bridgehead atoms. The second-order valence-electron chi connectivity index (χ2n) is 4.81. The summed E-state index contributed by atoms with van der Waals surface area (Å²) in [6.45, 7) is 0. The van der Waals surface area contributed by atoms with Gasteiger partial charge in [-0.25, -0.2) is 4.39 Å². The van der Waals surface area contributed by atoms with Crippen LogP contribution in [-0.4, -0.2) is 4.83 Å². The summed E-state index contributed by atoms with van der Waals surface area (Å²) in [7, 11) is 0. The molecule has 0 N–H and O–H groups in total. The summed E-state index contributed by atoms with van der Waals surface area (Å²) in [5.41, 5.74) is 1.22. The second-order valence-corrected chi connectivity index (χ2v) is 6.11. The third-order valence-electron chi connectivity index (χ3n) is 3.43. The van der Waals surface area contributed by atoms with Crippen molar-refractivity contribution < 1.29 is 4.39 Å². The molecule has 0 spiro atoms. The molecule has 1 aliphatic rings. The van der Waals surface area contributed by atoms with Crippen molar-refractivity contribution in [2.24, 2.45) is 5.92 Å². The minimum Gasteiger partial charge on any atom is -0.207 e. The molecule has 0 radical (unpaired) electrons. The van der Waals surface area contributed by atoms with E-state index in [1.807, 2.05) is 12.1 Å². The number of hydrogen-bond acceptors (Lipinski definition) is 0. The molecule has 1 aromatic rings. The zero-order valence-electron chi connectivity index (χ0n) is 9.46. The number of alkyl halides is 1. The van der Waals surface area contributed by atoms with Crippen molar-refractivity contribution in [1.29, 1.82) is 0 Å². The van der Waals surface area contributed by atoms with Crippen LogP contribution in [0.1, 0.15) is 37.7 Å². The van der Waals surface area contributed by atoms with Crippen molar-refractivity contribution in [3.8, 4) is 0 Å². The topological polar surface area (TPSA) is 0 Å². The third-order valence-corrected chi connectivity index (χ3v) is 4.13. The normalized spacial score (nSPS) is 18.9. The van der Waals surface area contributed by atoms with Crippen LogP contribution in [0.15, 0.2) is 24.3 Å². The summed E-state index contributed by atoms with van der Waals surface area (Å²) in [6, 6.07) is 6.87. The largest absolute Gasteiger partial charge is 0.207 e. The Morgan fingerprint density at radius 2 is 1.81 bits per heavy atom. The van der Waals surface area contributed by atoms with Gasteiger partial charge < -0.3 is 0 Å². The molecule has 16 heavy (non-hydrogen) atoms. The van der Waals surface area contributed by atoms with E-state index in [1.54, 1.807) is 12.1 Å². The van der Waals surface area contributed by atoms with E-state index in [1.165, 1.54) is 37.7 Å². The number of benzene rings is 1. The lowest BCUT2D eigenvalue weighted by Gasteiger charge is -2.14. The van der Waals surface area contributed by atoms with E-state index < -0.39 is 0 Å². The molecule has 2 heteroatoms. The van der Waals surface area contributed by atoms with Crippen LogP contribution in [0.3, 0.4) is 0 Å². The highest BCUT2D eigenvalue weighted by molar-refractivity contribution is 9.09. The monoisotopic (exact) mass is 284 g/mol. The lowest BCUT2D eigenvalue weighted by molar-refractivity contribution is 0.495. The average molecular weight is 285 g/mol. The zero-order valence-corrected chi connectivity index (χ0v) is 11.0. The quantitative estimate of drug-likeness (QED) is 0.703. The Morgan fingerprint density at radius 3 is 2.44 bits per heavy atom. The van der Waals surface area contributed by atoms with Crippen molar-refractivity contribution in [2.75, 3.05) is 0 Å². The van der Waals surface area contributed by atoms with Crippen LogP contribution in [0.25, 0.3) is 0 Å². The van der Waals surface area contributed by atoms with E-state index in [-0.39, 0.29) is 5.82 Å². The van der Waals surface area contributed by atoms with Crippen LogP contribution in [0.4, 0.5) is 4.39 Å². The molecular formula is C14H18BrF. The summed E-state index contributed by atoms with van der Waals surface area (Å²) >= 11 is 3.75. The fraction of sp³-hybridized carbons (Fsp3) is 0.571. The van der Waals surface area contributed by atoms with E-state index in [9.17, 15) is 4.39 Å². The standard InChI is InChI=1S/C14H18BrF/c15-13(9-11-3-1-2-4-11)10-12-5-7-14(16)8-6-12/h5-8,11,13H,1-4,9-10H2. The molecule has 1 aliphatic carbocycles. The summed E-state index contributed by atoms with van der Waals surface area (Å²) in [6.07, 6.45) is 7.87. The first-order valence-corrected chi connectivity index (χ1v) is 7.04. The van der Waals surface area contributed by atoms with Crippen LogP contribution >= 0.6 is 15.9 Å². The molecule has 1 aromatic carbocycles. The van der Waals surface area contributed by atoms with Gasteiger partial charge in [0.2, 0.25) is 0 Å². The molecule has 0 amide bonds. The summed E-state index contributed by atoms with van der Waals surface area (Å²) in [5.74, 6) is 0.760. The molecule has 1 unspecified atom stereocenters. The van der Waals surface area contributed by atoms with Gasteiger partial charge in [-0.1, -0.05) is 53.7 Å². The molecule has 0 saturated heterocycles. The van der Waals surface area contributed by atoms with Gasteiger partial charge in [0.25, 0.3) is 0 Å². The minimum atomic E-state index is -0.148. The first-order chi connectivity index (χ1) is 7.74. The molecule has 0 aliphatic heterocycles. The van der Waals surface area contributed by atoms with Crippen LogP contribution < -0.4 is 0 Å². The molecule has 1 saturated carbocycles. The van der Waals surface area contributed by atoms with Crippen molar-refractivity contribution in [1.82, 2.24) is 0 Å². The van der Waals surface area contributed by atoms with Crippen molar-refractivity contribution in [3.05, 3.63) is 35.6 Å². The zero-order chi connectivity index (χ0) is 11.4. The van der Waals surface area contributed by atoms with Crippen molar-refractivity contribution in [3.63, 3.8) is 0 Å². The fourth-order valence-electron chi connectivity index (χ4n) is 2.57. The van der Waals surface area contributed by atoms with Crippen molar-refractivity contribution in [2.45, 2.75) is 43.4 Å². The van der Waals surface area contributed by atoms with Gasteiger partial charge in [0.1, 0.15) is 5.82 Å². The molecule has 0 heterocycles. The van der Waals surface area contributed by atoms with Crippen molar-refractivity contribution >= 4 is 15.9 Å². The maximum absolute atomic E-state index is 12.7. The number of rotatable bonds is 4. The van der Waals surface area contributed by atoms with Gasteiger partial charge in [0, 0.05) is 4.83 Å². The lowest BCUT2D eigenvalue weighted by atomic mass is 9.98. The second kappa shape index (κ2) is 5.81. The average Bonchev–Trinajstić information content (AvgIpc) is 2.74. The highest BCUT2D eigenvalue weighted by Gasteiger charge is 2.18. The van der Waals surface area contributed by atoms with E-state index >= 15 is 0 Å². The Labute approximate surface area is 105 Å². The summed E-state index contributed by atoms with van der Waals surface area (Å²) in [4.78, 5) is 0.543. The molecule has 0 nitrogen and oxygen atoms in total. The SMILES string of the molecule is Fc1ccc(CC(Br)CC2CCCC2)cc1. The lowest BCUT2D eigenvalue weighted by Crippen LogP contribution is -2.08. The van der Waals surface area contributed by atoms with E-state index in [2.05, 4.69) is 15.9 Å². The molecular weight excluding hydrogens is 267 g/mol. The van der Waals surface area contributed by atoms with Crippen LogP contribution in [0, 0.1) is 11.7 Å². The maximum atomic E-state index is 12.7. The molecule has 0 aromatic heterocycles. The number of halogens is 2. The Hall–Kier alpha value is -0.370. The van der Waals surface area contributed by atoms with Crippen LogP contribution in [0.2, 0.25) is 0 Å². The van der Waals surface area contributed by atoms with Gasteiger partial charge in [0.15, 0.2) is 0 Å². The van der Waals surface area contributed by atoms with Gasteiger partial charge in [0.05, 0.1) is 0 Å². The van der Waals surface area contributed by atoms with Gasteiger partial charge in [-0.2, -0.15) is 0 Å². The molecule has 88 valence electrons. The van der Waals surface area contributed by atoms with Gasteiger partial charge in [-0.3, -0.25) is 0 Å². The molecule has 1 fully saturated rings. The Kier molecular flexibility index (Phi) is 4.39. The Morgan fingerprint density at radius 1 is 1.19 bits per heavy atom. The smallest absolute Gasteiger partial charge is 0.123 e. The molecule has 1 atom stereocenters. The van der Waals surface area contributed by atoms with Gasteiger partial charge >= 0.3 is 0 Å². The number of hydrogen-bond donors (Lipinski definition) is 0. The predicted octanol–water partition coefficient (Wildman–Crippen LogP) is 4.71. The van der Waals surface area contributed by atoms with Crippen LogP contribution in [-0.2, 0) is 6.42 Å². The third kappa shape index (κ3) is 3.58. The predicted molar refractivity (Wildman–Crippen MR) is 69.4 cm³/mol. The van der Waals surface area contributed by atoms with E-state index in [4.69, 9.17) is 0 Å². The first-order valence-electron chi connectivity index (χ1n) is 6.12. The maximum Gasteiger partial charge on any atom is 0.123 e. The molecule has 2 rings (SSSR count). The Balaban J connectivity index is 1.81. The first kappa shape index (κ1) is 12.1. The van der Waals surface area contributed by atoms with E-state index in [0.29, 0.717) is 4.83 Å². The van der Waals surface area contributed by atoms with Gasteiger partial charge in [-0.05, 0) is 36.5 Å². The summed E-state index contributed by atoms with van der Waals surface area (Å²) in [5, 5.41) is 0. The van der Waals surface area contributed by atoms with Crippen LogP contribution in [0.5, 0.6) is 0 Å².